The van der Waals surface area contributed by atoms with E-state index >= 15 is 0 Å². The van der Waals surface area contributed by atoms with E-state index in [4.69, 9.17) is 10.00 Å². The number of esters is 1. The summed E-state index contributed by atoms with van der Waals surface area (Å²) >= 11 is 0. The van der Waals surface area contributed by atoms with Gasteiger partial charge in [0, 0.05) is 12.2 Å². The van der Waals surface area contributed by atoms with Crippen molar-refractivity contribution in [1.82, 2.24) is 4.72 Å². The fourth-order valence-corrected chi connectivity index (χ4v) is 3.63. The average molecular weight is 469 g/mol. The van der Waals surface area contributed by atoms with E-state index in [0.29, 0.717) is 17.8 Å². The van der Waals surface area contributed by atoms with Crippen LogP contribution in [0.15, 0.2) is 47.4 Å². The highest BCUT2D eigenvalue weighted by Crippen LogP contribution is 2.19. The van der Waals surface area contributed by atoms with E-state index in [0.717, 1.165) is 0 Å². The minimum Gasteiger partial charge on any atom is -0.452 e. The molecule has 0 saturated heterocycles. The Labute approximate surface area is 182 Å². The molecular weight excluding hydrogens is 451 g/mol. The molecule has 0 radical (unpaired) electrons. The van der Waals surface area contributed by atoms with E-state index in [9.17, 15) is 31.2 Å². The highest BCUT2D eigenvalue weighted by Gasteiger charge is 2.27. The maximum Gasteiger partial charge on any atom is 0.321 e. The molecular formula is C20H18F3N3O5S. The van der Waals surface area contributed by atoms with Gasteiger partial charge in [0.15, 0.2) is 23.6 Å². The third kappa shape index (κ3) is 6.05. The van der Waals surface area contributed by atoms with E-state index in [1.165, 1.54) is 11.8 Å². The van der Waals surface area contributed by atoms with Crippen LogP contribution in [0.2, 0.25) is 0 Å². The van der Waals surface area contributed by atoms with Crippen LogP contribution in [0.4, 0.5) is 18.9 Å². The van der Waals surface area contributed by atoms with E-state index in [1.54, 1.807) is 35.1 Å². The van der Waals surface area contributed by atoms with Crippen molar-refractivity contribution in [2.24, 2.45) is 0 Å². The molecule has 170 valence electrons. The second-order valence-electron chi connectivity index (χ2n) is 6.36. The average Bonchev–Trinajstić information content (AvgIpc) is 2.76. The lowest BCUT2D eigenvalue weighted by Crippen LogP contribution is -2.42. The summed E-state index contributed by atoms with van der Waals surface area (Å²) in [5, 5.41) is 8.81. The molecule has 0 aliphatic carbocycles. The summed E-state index contributed by atoms with van der Waals surface area (Å²) in [4.78, 5) is 24.8. The number of carbonyl (C=O) groups excluding carboxylic acids is 2. The first-order valence-corrected chi connectivity index (χ1v) is 10.6. The minimum atomic E-state index is -4.72. The molecule has 0 spiro atoms. The van der Waals surface area contributed by atoms with Crippen molar-refractivity contribution >= 4 is 27.6 Å². The van der Waals surface area contributed by atoms with E-state index in [-0.39, 0.29) is 13.0 Å². The van der Waals surface area contributed by atoms with Crippen molar-refractivity contribution in [1.29, 1.82) is 5.26 Å². The van der Waals surface area contributed by atoms with Gasteiger partial charge >= 0.3 is 5.97 Å². The first-order valence-electron chi connectivity index (χ1n) is 9.14. The van der Waals surface area contributed by atoms with Gasteiger partial charge in [0.25, 0.3) is 5.91 Å². The van der Waals surface area contributed by atoms with Gasteiger partial charge in [0.05, 0.1) is 12.5 Å². The topological polar surface area (TPSA) is 117 Å². The Hall–Kier alpha value is -3.43. The van der Waals surface area contributed by atoms with Crippen molar-refractivity contribution < 1.29 is 35.9 Å². The number of benzene rings is 2. The standard InChI is InChI=1S/C20H18F3N3O5S/c1-13(20(28)26(11-5-10-24)14-6-3-2-4-7-14)31-17(27)12-25-32(29,30)16-9-8-15(21)18(22)19(16)23/h2-4,6-9,13,25H,5,11-12H2,1H3. The van der Waals surface area contributed by atoms with Gasteiger partial charge in [0.2, 0.25) is 10.0 Å². The lowest BCUT2D eigenvalue weighted by Gasteiger charge is -2.25. The number of anilines is 1. The van der Waals surface area contributed by atoms with Gasteiger partial charge in [0.1, 0.15) is 11.4 Å². The molecule has 2 rings (SSSR count). The SMILES string of the molecule is CC(OC(=O)CNS(=O)(=O)c1ccc(F)c(F)c1F)C(=O)N(CCC#N)c1ccccc1. The molecule has 1 N–H and O–H groups in total. The molecule has 0 saturated carbocycles. The van der Waals surface area contributed by atoms with Crippen LogP contribution in [-0.4, -0.2) is 39.5 Å². The van der Waals surface area contributed by atoms with Gasteiger partial charge in [-0.15, -0.1) is 0 Å². The predicted molar refractivity (Wildman–Crippen MR) is 106 cm³/mol. The highest BCUT2D eigenvalue weighted by atomic mass is 32.2. The second-order valence-corrected chi connectivity index (χ2v) is 8.10. The predicted octanol–water partition coefficient (Wildman–Crippen LogP) is 2.26. The summed E-state index contributed by atoms with van der Waals surface area (Å²) < 4.78 is 70.8. The molecule has 0 aliphatic heterocycles. The molecule has 0 fully saturated rings. The Morgan fingerprint density at radius 3 is 2.41 bits per heavy atom. The van der Waals surface area contributed by atoms with Crippen LogP contribution in [0, 0.1) is 28.8 Å². The summed E-state index contributed by atoms with van der Waals surface area (Å²) in [5.41, 5.74) is 0.463. The van der Waals surface area contributed by atoms with Crippen LogP contribution in [0.5, 0.6) is 0 Å². The molecule has 0 heterocycles. The number of ether oxygens (including phenoxy) is 1. The van der Waals surface area contributed by atoms with Crippen molar-refractivity contribution in [3.63, 3.8) is 0 Å². The number of para-hydroxylation sites is 1. The molecule has 2 aromatic carbocycles. The van der Waals surface area contributed by atoms with Crippen molar-refractivity contribution in [2.75, 3.05) is 18.0 Å². The number of hydrogen-bond acceptors (Lipinski definition) is 6. The Morgan fingerprint density at radius 2 is 1.78 bits per heavy atom. The molecule has 2 aromatic rings. The molecule has 12 heteroatoms. The molecule has 8 nitrogen and oxygen atoms in total. The number of halogens is 3. The number of hydrogen-bond donors (Lipinski definition) is 1. The zero-order valence-electron chi connectivity index (χ0n) is 16.7. The van der Waals surface area contributed by atoms with Gasteiger partial charge in [-0.1, -0.05) is 18.2 Å². The van der Waals surface area contributed by atoms with E-state index in [1.807, 2.05) is 6.07 Å². The summed E-state index contributed by atoms with van der Waals surface area (Å²) in [6.07, 6.45) is -1.33. The normalized spacial score (nSPS) is 12.0. The largest absolute Gasteiger partial charge is 0.452 e. The highest BCUT2D eigenvalue weighted by molar-refractivity contribution is 7.89. The summed E-state index contributed by atoms with van der Waals surface area (Å²) in [5.74, 6) is -7.33. The van der Waals surface area contributed by atoms with E-state index < -0.39 is 56.9 Å². The minimum absolute atomic E-state index is 0.0148. The Kier molecular flexibility index (Phi) is 8.34. The number of amides is 1. The molecule has 1 atom stereocenters. The van der Waals surface area contributed by atoms with Gasteiger partial charge in [-0.2, -0.15) is 9.98 Å². The van der Waals surface area contributed by atoms with Crippen molar-refractivity contribution in [3.05, 3.63) is 59.9 Å². The van der Waals surface area contributed by atoms with Crippen LogP contribution >= 0.6 is 0 Å². The number of nitrogens with zero attached hydrogens (tertiary/aromatic N) is 2. The molecule has 0 aliphatic rings. The quantitative estimate of drug-likeness (QED) is 0.445. The van der Waals surface area contributed by atoms with Crippen molar-refractivity contribution in [2.45, 2.75) is 24.3 Å². The number of nitriles is 1. The van der Waals surface area contributed by atoms with Gasteiger partial charge in [-0.25, -0.2) is 21.6 Å². The van der Waals surface area contributed by atoms with Gasteiger partial charge in [-0.05, 0) is 31.2 Å². The van der Waals surface area contributed by atoms with Gasteiger partial charge in [-0.3, -0.25) is 9.59 Å². The number of nitrogens with one attached hydrogen (secondary N) is 1. The van der Waals surface area contributed by atoms with Crippen molar-refractivity contribution in [3.8, 4) is 6.07 Å². The summed E-state index contributed by atoms with van der Waals surface area (Å²) in [6.45, 7) is 0.289. The maximum absolute atomic E-state index is 13.7. The fourth-order valence-electron chi connectivity index (χ4n) is 2.59. The lowest BCUT2D eigenvalue weighted by molar-refractivity contribution is -0.152. The Bertz CT molecular complexity index is 1140. The monoisotopic (exact) mass is 469 g/mol. The third-order valence-corrected chi connectivity index (χ3v) is 5.55. The maximum atomic E-state index is 13.7. The third-order valence-electron chi connectivity index (χ3n) is 4.13. The van der Waals surface area contributed by atoms with Crippen LogP contribution in [0.1, 0.15) is 13.3 Å². The molecule has 1 unspecified atom stereocenters. The van der Waals surface area contributed by atoms with Crippen LogP contribution < -0.4 is 9.62 Å². The van der Waals surface area contributed by atoms with Crippen LogP contribution in [-0.2, 0) is 24.3 Å². The molecule has 1 amide bonds. The number of rotatable bonds is 9. The fraction of sp³-hybridized carbons (Fsp3) is 0.250. The van der Waals surface area contributed by atoms with Crippen LogP contribution in [0.3, 0.4) is 0 Å². The summed E-state index contributed by atoms with van der Waals surface area (Å²) in [7, 11) is -4.72. The molecule has 0 aromatic heterocycles. The number of carbonyl (C=O) groups is 2. The lowest BCUT2D eigenvalue weighted by atomic mass is 10.2. The summed E-state index contributed by atoms with van der Waals surface area (Å²) in [6, 6.07) is 11.1. The van der Waals surface area contributed by atoms with Gasteiger partial charge < -0.3 is 9.64 Å². The van der Waals surface area contributed by atoms with Crippen LogP contribution in [0.25, 0.3) is 0 Å². The Morgan fingerprint density at radius 1 is 1.12 bits per heavy atom. The molecule has 32 heavy (non-hydrogen) atoms. The molecule has 0 bridgehead atoms. The smallest absolute Gasteiger partial charge is 0.321 e. The second kappa shape index (κ2) is 10.7. The Balaban J connectivity index is 2.04. The number of sulfonamides is 1. The first-order chi connectivity index (χ1) is 15.1. The van der Waals surface area contributed by atoms with E-state index in [2.05, 4.69) is 0 Å². The zero-order valence-corrected chi connectivity index (χ0v) is 17.5. The zero-order chi connectivity index (χ0) is 23.9. The first kappa shape index (κ1) is 24.8.